The van der Waals surface area contributed by atoms with E-state index in [1.807, 2.05) is 18.2 Å². The minimum absolute atomic E-state index is 0. The quantitative estimate of drug-likeness (QED) is 0.810. The lowest BCUT2D eigenvalue weighted by Gasteiger charge is -2.25. The molecule has 2 unspecified atom stereocenters. The first-order chi connectivity index (χ1) is 12.1. The highest BCUT2D eigenvalue weighted by Crippen LogP contribution is 2.28. The summed E-state index contributed by atoms with van der Waals surface area (Å²) in [6, 6.07) is 13.0. The van der Waals surface area contributed by atoms with Crippen LogP contribution in [0.5, 0.6) is 0 Å². The first-order valence-electron chi connectivity index (χ1n) is 8.24. The van der Waals surface area contributed by atoms with Gasteiger partial charge in [-0.3, -0.25) is 4.79 Å². The molecule has 7 heteroatoms. The highest BCUT2D eigenvalue weighted by Gasteiger charge is 2.22. The minimum atomic E-state index is -0.439. The van der Waals surface area contributed by atoms with Crippen LogP contribution in [-0.2, 0) is 9.53 Å². The molecule has 2 N–H and O–H groups in total. The molecule has 0 spiro atoms. The molecule has 1 aliphatic rings. The Morgan fingerprint density at radius 2 is 2.00 bits per heavy atom. The summed E-state index contributed by atoms with van der Waals surface area (Å²) in [6.45, 7) is 1.92. The van der Waals surface area contributed by atoms with Gasteiger partial charge in [-0.25, -0.2) is 4.39 Å². The molecule has 2 atom stereocenters. The number of amides is 1. The normalized spacial score (nSPS) is 17.8. The van der Waals surface area contributed by atoms with Gasteiger partial charge in [0.15, 0.2) is 0 Å². The maximum atomic E-state index is 13.3. The molecule has 0 aromatic heterocycles. The summed E-state index contributed by atoms with van der Waals surface area (Å²) in [5.41, 5.74) is 1.55. The zero-order valence-electron chi connectivity index (χ0n) is 14.1. The zero-order chi connectivity index (χ0) is 17.6. The molecule has 1 heterocycles. The van der Waals surface area contributed by atoms with Crippen molar-refractivity contribution in [3.05, 3.63) is 70.5 Å². The lowest BCUT2D eigenvalue weighted by atomic mass is 9.98. The third-order valence-electron chi connectivity index (χ3n) is 4.16. The zero-order valence-corrected chi connectivity index (χ0v) is 15.7. The molecule has 0 saturated carbocycles. The fraction of sp³-hybridized carbons (Fsp3) is 0.316. The van der Waals surface area contributed by atoms with Crippen molar-refractivity contribution in [3.8, 4) is 0 Å². The van der Waals surface area contributed by atoms with Crippen LogP contribution in [-0.4, -0.2) is 31.7 Å². The third-order valence-corrected chi connectivity index (χ3v) is 4.50. The van der Waals surface area contributed by atoms with Gasteiger partial charge in [0.1, 0.15) is 5.82 Å². The molecule has 1 saturated heterocycles. The Hall–Kier alpha value is -1.66. The topological polar surface area (TPSA) is 50.4 Å². The van der Waals surface area contributed by atoms with Crippen LogP contribution in [0.15, 0.2) is 48.5 Å². The van der Waals surface area contributed by atoms with E-state index in [0.29, 0.717) is 24.7 Å². The van der Waals surface area contributed by atoms with Crippen LogP contribution in [0.1, 0.15) is 23.6 Å². The number of rotatable bonds is 5. The molecule has 2 aromatic rings. The predicted molar refractivity (Wildman–Crippen MR) is 102 cm³/mol. The maximum absolute atomic E-state index is 13.3. The average Bonchev–Trinajstić information content (AvgIpc) is 2.62. The van der Waals surface area contributed by atoms with Crippen LogP contribution in [0.4, 0.5) is 4.39 Å². The van der Waals surface area contributed by atoms with E-state index in [4.69, 9.17) is 16.3 Å². The van der Waals surface area contributed by atoms with E-state index in [-0.39, 0.29) is 30.2 Å². The fourth-order valence-corrected chi connectivity index (χ4v) is 3.14. The monoisotopic (exact) mass is 398 g/mol. The van der Waals surface area contributed by atoms with Crippen molar-refractivity contribution in [2.24, 2.45) is 0 Å². The Morgan fingerprint density at radius 1 is 1.27 bits per heavy atom. The van der Waals surface area contributed by atoms with Crippen LogP contribution < -0.4 is 10.6 Å². The standard InChI is InChI=1S/C19H20ClFN2O2.ClH/c20-17-4-2-1-3-16(17)19(13-5-7-14(21)8-6-13)23-18(24)11-15-12-25-10-9-22-15;/h1-8,15,19,22H,9-12H2,(H,23,24);1H. The molecule has 1 aliphatic heterocycles. The molecule has 4 nitrogen and oxygen atoms in total. The summed E-state index contributed by atoms with van der Waals surface area (Å²) in [5.74, 6) is -0.436. The number of benzene rings is 2. The van der Waals surface area contributed by atoms with Gasteiger partial charge in [0, 0.05) is 24.0 Å². The fourth-order valence-electron chi connectivity index (χ4n) is 2.90. The van der Waals surface area contributed by atoms with Gasteiger partial charge in [0.05, 0.1) is 19.3 Å². The predicted octanol–water partition coefficient (Wildman–Crippen LogP) is 3.49. The van der Waals surface area contributed by atoms with Crippen LogP contribution in [0.2, 0.25) is 5.02 Å². The minimum Gasteiger partial charge on any atom is -0.378 e. The number of ether oxygens (including phenoxy) is 1. The molecule has 1 amide bonds. The first-order valence-corrected chi connectivity index (χ1v) is 8.61. The molecule has 0 bridgehead atoms. The summed E-state index contributed by atoms with van der Waals surface area (Å²) in [5, 5.41) is 6.83. The number of hydrogen-bond donors (Lipinski definition) is 2. The number of morpholine rings is 1. The Morgan fingerprint density at radius 3 is 2.65 bits per heavy atom. The van der Waals surface area contributed by atoms with Crippen molar-refractivity contribution >= 4 is 29.9 Å². The van der Waals surface area contributed by atoms with Crippen molar-refractivity contribution < 1.29 is 13.9 Å². The van der Waals surface area contributed by atoms with Crippen molar-refractivity contribution in [1.82, 2.24) is 10.6 Å². The number of nitrogens with one attached hydrogen (secondary N) is 2. The number of halogens is 3. The first kappa shape index (κ1) is 20.6. The molecule has 1 fully saturated rings. The molecule has 0 radical (unpaired) electrons. The number of hydrogen-bond acceptors (Lipinski definition) is 3. The Labute approximate surface area is 163 Å². The van der Waals surface area contributed by atoms with Crippen LogP contribution in [0.3, 0.4) is 0 Å². The van der Waals surface area contributed by atoms with Gasteiger partial charge in [-0.2, -0.15) is 0 Å². The van der Waals surface area contributed by atoms with Crippen molar-refractivity contribution in [2.45, 2.75) is 18.5 Å². The van der Waals surface area contributed by atoms with Gasteiger partial charge in [0.2, 0.25) is 5.91 Å². The molecule has 0 aliphatic carbocycles. The second kappa shape index (κ2) is 9.88. The van der Waals surface area contributed by atoms with Crippen molar-refractivity contribution in [1.29, 1.82) is 0 Å². The second-order valence-corrected chi connectivity index (χ2v) is 6.41. The van der Waals surface area contributed by atoms with Crippen LogP contribution in [0, 0.1) is 5.82 Å². The number of carbonyl (C=O) groups excluding carboxylic acids is 1. The Bertz CT molecular complexity index is 722. The van der Waals surface area contributed by atoms with E-state index in [1.54, 1.807) is 18.2 Å². The molecule has 2 aromatic carbocycles. The number of carbonyl (C=O) groups is 1. The molecule has 26 heavy (non-hydrogen) atoms. The summed E-state index contributed by atoms with van der Waals surface area (Å²) in [7, 11) is 0. The van der Waals surface area contributed by atoms with Gasteiger partial charge < -0.3 is 15.4 Å². The molecule has 3 rings (SSSR count). The van der Waals surface area contributed by atoms with E-state index in [0.717, 1.165) is 17.7 Å². The largest absolute Gasteiger partial charge is 0.378 e. The van der Waals surface area contributed by atoms with E-state index in [1.165, 1.54) is 12.1 Å². The lowest BCUT2D eigenvalue weighted by Crippen LogP contribution is -2.44. The summed E-state index contributed by atoms with van der Waals surface area (Å²) in [6.07, 6.45) is 0.308. The van der Waals surface area contributed by atoms with E-state index in [9.17, 15) is 9.18 Å². The Kier molecular flexibility index (Phi) is 7.85. The van der Waals surface area contributed by atoms with Crippen LogP contribution >= 0.6 is 24.0 Å². The van der Waals surface area contributed by atoms with Gasteiger partial charge in [0.25, 0.3) is 0 Å². The maximum Gasteiger partial charge on any atom is 0.222 e. The van der Waals surface area contributed by atoms with Gasteiger partial charge in [-0.15, -0.1) is 12.4 Å². The summed E-state index contributed by atoms with van der Waals surface area (Å²) < 4.78 is 18.7. The third kappa shape index (κ3) is 5.42. The van der Waals surface area contributed by atoms with Gasteiger partial charge >= 0.3 is 0 Å². The summed E-state index contributed by atoms with van der Waals surface area (Å²) in [4.78, 5) is 12.5. The van der Waals surface area contributed by atoms with Crippen molar-refractivity contribution in [2.75, 3.05) is 19.8 Å². The SMILES string of the molecule is Cl.O=C(CC1COCCN1)NC(c1ccc(F)cc1)c1ccccc1Cl. The average molecular weight is 399 g/mol. The second-order valence-electron chi connectivity index (χ2n) is 6.00. The summed E-state index contributed by atoms with van der Waals surface area (Å²) >= 11 is 6.32. The lowest BCUT2D eigenvalue weighted by molar-refractivity contribution is -0.122. The highest BCUT2D eigenvalue weighted by atomic mass is 35.5. The van der Waals surface area contributed by atoms with E-state index in [2.05, 4.69) is 10.6 Å². The van der Waals surface area contributed by atoms with Crippen LogP contribution in [0.25, 0.3) is 0 Å². The highest BCUT2D eigenvalue weighted by molar-refractivity contribution is 6.31. The van der Waals surface area contributed by atoms with Gasteiger partial charge in [-0.1, -0.05) is 41.9 Å². The molecule has 140 valence electrons. The van der Waals surface area contributed by atoms with E-state index < -0.39 is 6.04 Å². The smallest absolute Gasteiger partial charge is 0.222 e. The molecular weight excluding hydrogens is 378 g/mol. The van der Waals surface area contributed by atoms with Crippen molar-refractivity contribution in [3.63, 3.8) is 0 Å². The van der Waals surface area contributed by atoms with E-state index >= 15 is 0 Å². The molecular formula is C19H21Cl2FN2O2. The Balaban J connectivity index is 0.00000243. The van der Waals surface area contributed by atoms with Gasteiger partial charge in [-0.05, 0) is 29.3 Å².